The third-order valence-corrected chi connectivity index (χ3v) is 5.00. The van der Waals surface area contributed by atoms with Crippen molar-refractivity contribution >= 4 is 27.5 Å². The molecule has 0 aromatic heterocycles. The van der Waals surface area contributed by atoms with Gasteiger partial charge in [0.15, 0.2) is 6.61 Å². The summed E-state index contributed by atoms with van der Waals surface area (Å²) in [6, 6.07) is 4.24. The first-order valence-electron chi connectivity index (χ1n) is 8.01. The normalized spacial score (nSPS) is 12.7. The zero-order valence-corrected chi connectivity index (χ0v) is 15.8. The first-order valence-corrected chi connectivity index (χ1v) is 9.87. The Labute approximate surface area is 149 Å². The monoisotopic (exact) mass is 376 g/mol. The Morgan fingerprint density at radius 2 is 2.00 bits per heavy atom. The lowest BCUT2D eigenvalue weighted by Crippen LogP contribution is -2.35. The fourth-order valence-corrected chi connectivity index (χ4v) is 3.51. The van der Waals surface area contributed by atoms with Crippen molar-refractivity contribution in [3.63, 3.8) is 0 Å². The van der Waals surface area contributed by atoms with Crippen LogP contribution in [-0.4, -0.2) is 33.5 Å². The summed E-state index contributed by atoms with van der Waals surface area (Å²) in [5.74, 6) is 0.0257. The maximum Gasteiger partial charge on any atom is 0.258 e. The highest BCUT2D eigenvalue weighted by molar-refractivity contribution is 7.89. The molecule has 0 heterocycles. The van der Waals surface area contributed by atoms with Crippen molar-refractivity contribution in [2.75, 3.05) is 13.2 Å². The first-order chi connectivity index (χ1) is 11.3. The van der Waals surface area contributed by atoms with E-state index in [1.54, 1.807) is 0 Å². The van der Waals surface area contributed by atoms with Gasteiger partial charge < -0.3 is 10.1 Å². The van der Waals surface area contributed by atoms with Crippen LogP contribution in [0.15, 0.2) is 23.1 Å². The molecule has 1 aromatic carbocycles. The van der Waals surface area contributed by atoms with Crippen LogP contribution >= 0.6 is 11.6 Å². The zero-order valence-electron chi connectivity index (χ0n) is 14.3. The molecule has 24 heavy (non-hydrogen) atoms. The number of amides is 1. The summed E-state index contributed by atoms with van der Waals surface area (Å²) >= 11 is 6.06. The number of carbonyl (C=O) groups is 1. The van der Waals surface area contributed by atoms with Gasteiger partial charge in [0.25, 0.3) is 5.91 Å². The molecule has 1 aromatic rings. The van der Waals surface area contributed by atoms with Crippen LogP contribution in [0.4, 0.5) is 0 Å². The Balaban J connectivity index is 2.67. The van der Waals surface area contributed by atoms with E-state index in [0.717, 1.165) is 12.8 Å². The lowest BCUT2D eigenvalue weighted by atomic mass is 10.2. The molecule has 0 aliphatic rings. The number of sulfonamides is 1. The van der Waals surface area contributed by atoms with E-state index in [2.05, 4.69) is 10.0 Å². The Kier molecular flexibility index (Phi) is 8.52. The molecule has 2 N–H and O–H groups in total. The lowest BCUT2D eigenvalue weighted by molar-refractivity contribution is -0.123. The van der Waals surface area contributed by atoms with Crippen LogP contribution in [0.1, 0.15) is 40.0 Å². The molecule has 136 valence electrons. The van der Waals surface area contributed by atoms with Crippen LogP contribution in [0.3, 0.4) is 0 Å². The minimum Gasteiger partial charge on any atom is -0.482 e. The molecule has 0 saturated heterocycles. The Morgan fingerprint density at radius 1 is 1.29 bits per heavy atom. The predicted octanol–water partition coefficient (Wildman–Crippen LogP) is 2.71. The van der Waals surface area contributed by atoms with Gasteiger partial charge in [-0.25, -0.2) is 13.1 Å². The number of ether oxygens (including phenoxy) is 1. The van der Waals surface area contributed by atoms with E-state index in [4.69, 9.17) is 16.3 Å². The van der Waals surface area contributed by atoms with E-state index in [-0.39, 0.29) is 34.2 Å². The number of halogens is 1. The molecule has 0 bridgehead atoms. The fourth-order valence-electron chi connectivity index (χ4n) is 2.05. The average Bonchev–Trinajstić information content (AvgIpc) is 2.51. The Bertz CT molecular complexity index is 649. The quantitative estimate of drug-likeness (QED) is 0.657. The van der Waals surface area contributed by atoms with E-state index < -0.39 is 10.0 Å². The van der Waals surface area contributed by atoms with Crippen LogP contribution < -0.4 is 14.8 Å². The van der Waals surface area contributed by atoms with Gasteiger partial charge in [-0.15, -0.1) is 0 Å². The fraction of sp³-hybridized carbons (Fsp3) is 0.562. The molecular formula is C16H25ClN2O4S. The summed E-state index contributed by atoms with van der Waals surface area (Å²) in [7, 11) is -3.58. The molecule has 1 atom stereocenters. The minimum atomic E-state index is -3.58. The second kappa shape index (κ2) is 9.86. The van der Waals surface area contributed by atoms with Crippen LogP contribution in [0, 0.1) is 0 Å². The van der Waals surface area contributed by atoms with Crippen LogP contribution in [-0.2, 0) is 14.8 Å². The standard InChI is InChI=1S/C16H25ClN2O4S/c1-4-6-12(3)19-16(20)11-23-15-8-7-13(10-14(15)17)24(21,22)18-9-5-2/h7-8,10,12,18H,4-6,9,11H2,1-3H3,(H,19,20)/t12-/m1/s1. The number of nitrogens with one attached hydrogen (secondary N) is 2. The van der Waals surface area contributed by atoms with Crippen LogP contribution in [0.25, 0.3) is 0 Å². The number of benzene rings is 1. The highest BCUT2D eigenvalue weighted by Gasteiger charge is 2.16. The molecule has 0 aliphatic carbocycles. The smallest absolute Gasteiger partial charge is 0.258 e. The molecule has 8 heteroatoms. The van der Waals surface area contributed by atoms with Crippen molar-refractivity contribution in [1.82, 2.24) is 10.0 Å². The maximum absolute atomic E-state index is 12.0. The number of hydrogen-bond acceptors (Lipinski definition) is 4. The molecule has 0 aliphatic heterocycles. The summed E-state index contributed by atoms with van der Waals surface area (Å²) in [5.41, 5.74) is 0. The van der Waals surface area contributed by atoms with Crippen molar-refractivity contribution < 1.29 is 17.9 Å². The van der Waals surface area contributed by atoms with Gasteiger partial charge >= 0.3 is 0 Å². The van der Waals surface area contributed by atoms with Gasteiger partial charge in [-0.2, -0.15) is 0 Å². The van der Waals surface area contributed by atoms with E-state index in [1.165, 1.54) is 18.2 Å². The van der Waals surface area contributed by atoms with Crippen molar-refractivity contribution in [3.05, 3.63) is 23.2 Å². The van der Waals surface area contributed by atoms with Crippen molar-refractivity contribution in [2.24, 2.45) is 0 Å². The number of carbonyl (C=O) groups excluding carboxylic acids is 1. The second-order valence-electron chi connectivity index (χ2n) is 5.54. The summed E-state index contributed by atoms with van der Waals surface area (Å²) in [6.07, 6.45) is 2.57. The summed E-state index contributed by atoms with van der Waals surface area (Å²) in [4.78, 5) is 11.8. The average molecular weight is 377 g/mol. The van der Waals surface area contributed by atoms with E-state index >= 15 is 0 Å². The van der Waals surface area contributed by atoms with E-state index in [0.29, 0.717) is 13.0 Å². The topological polar surface area (TPSA) is 84.5 Å². The van der Waals surface area contributed by atoms with Crippen molar-refractivity contribution in [3.8, 4) is 5.75 Å². The molecule has 0 radical (unpaired) electrons. The lowest BCUT2D eigenvalue weighted by Gasteiger charge is -2.14. The first kappa shape index (κ1) is 20.7. The molecule has 0 fully saturated rings. The van der Waals surface area contributed by atoms with Crippen LogP contribution in [0.5, 0.6) is 5.75 Å². The molecule has 0 unspecified atom stereocenters. The second-order valence-corrected chi connectivity index (χ2v) is 7.71. The van der Waals surface area contributed by atoms with Crippen molar-refractivity contribution in [2.45, 2.75) is 51.0 Å². The van der Waals surface area contributed by atoms with Crippen molar-refractivity contribution in [1.29, 1.82) is 0 Å². The van der Waals surface area contributed by atoms with Gasteiger partial charge in [0.05, 0.1) is 9.92 Å². The largest absolute Gasteiger partial charge is 0.482 e. The summed E-state index contributed by atoms with van der Waals surface area (Å²) in [5, 5.41) is 2.96. The Morgan fingerprint density at radius 3 is 2.58 bits per heavy atom. The SMILES string of the molecule is CCCNS(=O)(=O)c1ccc(OCC(=O)N[C@H](C)CCC)c(Cl)c1. The highest BCUT2D eigenvalue weighted by Crippen LogP contribution is 2.27. The van der Waals surface area contributed by atoms with Gasteiger partial charge in [0.1, 0.15) is 5.75 Å². The third kappa shape index (κ3) is 6.67. The zero-order chi connectivity index (χ0) is 18.2. The number of rotatable bonds is 10. The van der Waals surface area contributed by atoms with Crippen LogP contribution in [0.2, 0.25) is 5.02 Å². The molecule has 1 amide bonds. The minimum absolute atomic E-state index is 0.0642. The number of hydrogen-bond donors (Lipinski definition) is 2. The molecule has 6 nitrogen and oxygen atoms in total. The maximum atomic E-state index is 12.0. The van der Waals surface area contributed by atoms with Gasteiger partial charge in [-0.05, 0) is 38.0 Å². The highest BCUT2D eigenvalue weighted by atomic mass is 35.5. The molecule has 0 spiro atoms. The van der Waals surface area contributed by atoms with E-state index in [9.17, 15) is 13.2 Å². The third-order valence-electron chi connectivity index (χ3n) is 3.24. The van der Waals surface area contributed by atoms with Gasteiger partial charge in [-0.3, -0.25) is 4.79 Å². The van der Waals surface area contributed by atoms with Gasteiger partial charge in [-0.1, -0.05) is 31.9 Å². The molecular weight excluding hydrogens is 352 g/mol. The molecule has 1 rings (SSSR count). The van der Waals surface area contributed by atoms with E-state index in [1.807, 2.05) is 20.8 Å². The summed E-state index contributed by atoms with van der Waals surface area (Å²) in [6.45, 7) is 6.03. The predicted molar refractivity (Wildman–Crippen MR) is 94.9 cm³/mol. The summed E-state index contributed by atoms with van der Waals surface area (Å²) < 4.78 is 31.9. The molecule has 0 saturated carbocycles. The van der Waals surface area contributed by atoms with Gasteiger partial charge in [0.2, 0.25) is 10.0 Å². The Hall–Kier alpha value is -1.31. The van der Waals surface area contributed by atoms with Gasteiger partial charge in [0, 0.05) is 12.6 Å².